The highest BCUT2D eigenvalue weighted by Gasteiger charge is 2.21. The summed E-state index contributed by atoms with van der Waals surface area (Å²) in [7, 11) is -1.41. The quantitative estimate of drug-likeness (QED) is 0.703. The summed E-state index contributed by atoms with van der Waals surface area (Å²) in [5.41, 5.74) is 1.47. The van der Waals surface area contributed by atoms with E-state index in [9.17, 15) is 0 Å². The maximum Gasteiger partial charge on any atom is 0.241 e. The minimum atomic E-state index is -1.41. The Morgan fingerprint density at radius 1 is 1.12 bits per heavy atom. The van der Waals surface area contributed by atoms with Gasteiger partial charge in [0, 0.05) is 6.42 Å². The lowest BCUT2D eigenvalue weighted by atomic mass is 9.87. The first-order valence-electron chi connectivity index (χ1n) is 6.47. The van der Waals surface area contributed by atoms with Gasteiger partial charge in [0.05, 0.1) is 5.76 Å². The summed E-state index contributed by atoms with van der Waals surface area (Å²) >= 11 is 0. The lowest BCUT2D eigenvalue weighted by molar-refractivity contribution is 0.370. The number of benzene rings is 1. The normalized spacial score (nSPS) is 20.9. The first-order chi connectivity index (χ1) is 8.04. The summed E-state index contributed by atoms with van der Waals surface area (Å²) in [6.07, 6.45) is 5.76. The van der Waals surface area contributed by atoms with Crippen LogP contribution in [0.25, 0.3) is 0 Å². The van der Waals surface area contributed by atoms with Gasteiger partial charge in [-0.1, -0.05) is 30.3 Å². The monoisotopic (exact) mass is 246 g/mol. The Bertz CT molecular complexity index is 389. The van der Waals surface area contributed by atoms with Crippen molar-refractivity contribution in [3.8, 4) is 0 Å². The van der Waals surface area contributed by atoms with Crippen LogP contribution in [0.15, 0.2) is 42.2 Å². The average molecular weight is 246 g/mol. The van der Waals surface area contributed by atoms with Crippen LogP contribution >= 0.6 is 0 Å². The van der Waals surface area contributed by atoms with E-state index >= 15 is 0 Å². The van der Waals surface area contributed by atoms with Crippen molar-refractivity contribution in [2.45, 2.75) is 44.8 Å². The maximum atomic E-state index is 6.06. The van der Waals surface area contributed by atoms with Gasteiger partial charge in [0.15, 0.2) is 0 Å². The number of hydrogen-bond donors (Lipinski definition) is 0. The van der Waals surface area contributed by atoms with Crippen LogP contribution in [0.5, 0.6) is 0 Å². The molecule has 1 aromatic rings. The molecule has 0 fully saturated rings. The SMILES string of the molecule is C[Si](C)(C)OC1=CC[C@H](c2ccccc2)CC1. The van der Waals surface area contributed by atoms with E-state index in [0.717, 1.165) is 12.8 Å². The van der Waals surface area contributed by atoms with Crippen LogP contribution in [0.1, 0.15) is 30.7 Å². The summed E-state index contributed by atoms with van der Waals surface area (Å²) < 4.78 is 6.06. The first kappa shape index (κ1) is 12.4. The molecule has 0 amide bonds. The summed E-state index contributed by atoms with van der Waals surface area (Å²) in [6, 6.07) is 10.8. The highest BCUT2D eigenvalue weighted by atomic mass is 28.4. The molecule has 1 nitrogen and oxygen atoms in total. The van der Waals surface area contributed by atoms with Gasteiger partial charge in [-0.3, -0.25) is 0 Å². The fraction of sp³-hybridized carbons (Fsp3) is 0.467. The van der Waals surface area contributed by atoms with Crippen molar-refractivity contribution in [2.24, 2.45) is 0 Å². The van der Waals surface area contributed by atoms with Crippen LogP contribution in [0.2, 0.25) is 19.6 Å². The Morgan fingerprint density at radius 3 is 2.35 bits per heavy atom. The van der Waals surface area contributed by atoms with E-state index in [-0.39, 0.29) is 0 Å². The Kier molecular flexibility index (Phi) is 3.72. The van der Waals surface area contributed by atoms with Crippen molar-refractivity contribution < 1.29 is 4.43 Å². The molecular formula is C15H22OSi. The van der Waals surface area contributed by atoms with Gasteiger partial charge in [-0.15, -0.1) is 0 Å². The minimum Gasteiger partial charge on any atom is -0.548 e. The molecule has 1 aliphatic rings. The second-order valence-electron chi connectivity index (χ2n) is 5.77. The van der Waals surface area contributed by atoms with Gasteiger partial charge in [-0.05, 0) is 50.0 Å². The molecule has 2 heteroatoms. The third-order valence-corrected chi connectivity index (χ3v) is 3.95. The molecule has 0 aromatic heterocycles. The van der Waals surface area contributed by atoms with E-state index in [2.05, 4.69) is 56.0 Å². The Balaban J connectivity index is 1.98. The highest BCUT2D eigenvalue weighted by molar-refractivity contribution is 6.70. The molecule has 0 radical (unpaired) electrons. The smallest absolute Gasteiger partial charge is 0.241 e. The van der Waals surface area contributed by atoms with E-state index in [4.69, 9.17) is 4.43 Å². The second kappa shape index (κ2) is 5.09. The molecule has 1 aliphatic carbocycles. The van der Waals surface area contributed by atoms with E-state index in [0.29, 0.717) is 5.92 Å². The fourth-order valence-corrected chi connectivity index (χ4v) is 3.30. The molecule has 0 spiro atoms. The summed E-state index contributed by atoms with van der Waals surface area (Å²) in [6.45, 7) is 6.74. The van der Waals surface area contributed by atoms with Gasteiger partial charge < -0.3 is 4.43 Å². The third kappa shape index (κ3) is 3.74. The van der Waals surface area contributed by atoms with Crippen LogP contribution in [-0.4, -0.2) is 8.32 Å². The van der Waals surface area contributed by atoms with Crippen molar-refractivity contribution >= 4 is 8.32 Å². The number of rotatable bonds is 3. The van der Waals surface area contributed by atoms with E-state index in [1.807, 2.05) is 0 Å². The summed E-state index contributed by atoms with van der Waals surface area (Å²) in [5.74, 6) is 1.92. The first-order valence-corrected chi connectivity index (χ1v) is 9.88. The van der Waals surface area contributed by atoms with Crippen LogP contribution < -0.4 is 0 Å². The van der Waals surface area contributed by atoms with Crippen molar-refractivity contribution in [1.82, 2.24) is 0 Å². The molecule has 0 N–H and O–H groups in total. The molecule has 1 atom stereocenters. The van der Waals surface area contributed by atoms with Crippen molar-refractivity contribution in [2.75, 3.05) is 0 Å². The maximum absolute atomic E-state index is 6.06. The Hall–Kier alpha value is -1.02. The molecule has 0 saturated carbocycles. The third-order valence-electron chi connectivity index (χ3n) is 3.08. The minimum absolute atomic E-state index is 0.685. The van der Waals surface area contributed by atoms with E-state index in [1.54, 1.807) is 0 Å². The van der Waals surface area contributed by atoms with Gasteiger partial charge in [-0.2, -0.15) is 0 Å². The van der Waals surface area contributed by atoms with Gasteiger partial charge in [0.25, 0.3) is 0 Å². The number of allylic oxidation sites excluding steroid dienone is 2. The molecule has 0 unspecified atom stereocenters. The zero-order valence-corrected chi connectivity index (χ0v) is 12.1. The van der Waals surface area contributed by atoms with E-state index in [1.165, 1.54) is 17.7 Å². The van der Waals surface area contributed by atoms with Crippen molar-refractivity contribution in [1.29, 1.82) is 0 Å². The number of hydrogen-bond acceptors (Lipinski definition) is 1. The lowest BCUT2D eigenvalue weighted by Gasteiger charge is -2.27. The molecule has 17 heavy (non-hydrogen) atoms. The topological polar surface area (TPSA) is 9.23 Å². The molecule has 1 aromatic carbocycles. The standard InChI is InChI=1S/C15H22OSi/c1-17(2,3)16-15-11-9-14(10-12-15)13-7-5-4-6-8-13/h4-8,11,14H,9-10,12H2,1-3H3/t14-/m0/s1. The molecule has 2 rings (SSSR count). The summed E-state index contributed by atoms with van der Waals surface area (Å²) in [5, 5.41) is 0. The zero-order valence-electron chi connectivity index (χ0n) is 11.1. The highest BCUT2D eigenvalue weighted by Crippen LogP contribution is 2.33. The van der Waals surface area contributed by atoms with Crippen LogP contribution in [0.4, 0.5) is 0 Å². The van der Waals surface area contributed by atoms with Gasteiger partial charge in [-0.25, -0.2) is 0 Å². The predicted molar refractivity (Wildman–Crippen MR) is 75.5 cm³/mol. The lowest BCUT2D eigenvalue weighted by Crippen LogP contribution is -2.25. The predicted octanol–water partition coefficient (Wildman–Crippen LogP) is 4.69. The fourth-order valence-electron chi connectivity index (χ4n) is 2.32. The summed E-state index contributed by atoms with van der Waals surface area (Å²) in [4.78, 5) is 0. The molecule has 92 valence electrons. The molecule has 0 saturated heterocycles. The largest absolute Gasteiger partial charge is 0.548 e. The van der Waals surface area contributed by atoms with Crippen LogP contribution in [0.3, 0.4) is 0 Å². The van der Waals surface area contributed by atoms with Gasteiger partial charge in [0.2, 0.25) is 8.32 Å². The molecular weight excluding hydrogens is 224 g/mol. The van der Waals surface area contributed by atoms with E-state index < -0.39 is 8.32 Å². The Labute approximate surface area is 106 Å². The van der Waals surface area contributed by atoms with Crippen LogP contribution in [-0.2, 0) is 4.43 Å². The Morgan fingerprint density at radius 2 is 1.82 bits per heavy atom. The van der Waals surface area contributed by atoms with Crippen molar-refractivity contribution in [3.05, 3.63) is 47.7 Å². The van der Waals surface area contributed by atoms with Gasteiger partial charge >= 0.3 is 0 Å². The van der Waals surface area contributed by atoms with Crippen molar-refractivity contribution in [3.63, 3.8) is 0 Å². The second-order valence-corrected chi connectivity index (χ2v) is 10.2. The molecule has 0 bridgehead atoms. The van der Waals surface area contributed by atoms with Crippen LogP contribution in [0, 0.1) is 0 Å². The molecule has 0 heterocycles. The molecule has 0 aliphatic heterocycles. The zero-order chi connectivity index (χ0) is 12.3. The van der Waals surface area contributed by atoms with Gasteiger partial charge in [0.1, 0.15) is 0 Å². The average Bonchev–Trinajstić information content (AvgIpc) is 2.29.